The second-order valence-corrected chi connectivity index (χ2v) is 9.29. The Balaban J connectivity index is 1.72. The highest BCUT2D eigenvalue weighted by atomic mass is 19.4. The second-order valence-electron chi connectivity index (χ2n) is 9.29. The molecule has 4 aromatic carbocycles. The number of fused-ring (bicyclic) bond motifs is 1. The van der Waals surface area contributed by atoms with Crippen molar-refractivity contribution in [2.75, 3.05) is 0 Å². The fraction of sp³-hybridized carbons (Fsp3) is 0.156. The van der Waals surface area contributed by atoms with Crippen LogP contribution in [-0.4, -0.2) is 4.98 Å². The number of rotatable bonds is 6. The van der Waals surface area contributed by atoms with E-state index < -0.39 is 11.7 Å². The van der Waals surface area contributed by atoms with Gasteiger partial charge in [-0.25, -0.2) is 0 Å². The van der Waals surface area contributed by atoms with Crippen molar-refractivity contribution in [3.63, 3.8) is 0 Å². The molecule has 0 saturated heterocycles. The Morgan fingerprint density at radius 2 is 1.51 bits per heavy atom. The lowest BCUT2D eigenvalue weighted by molar-refractivity contribution is -0.136. The van der Waals surface area contributed by atoms with Gasteiger partial charge in [-0.15, -0.1) is 0 Å². The molecule has 0 bridgehead atoms. The van der Waals surface area contributed by atoms with Gasteiger partial charge in [-0.05, 0) is 46.4 Å². The molecule has 0 unspecified atom stereocenters. The first-order valence-electron chi connectivity index (χ1n) is 12.2. The third-order valence-corrected chi connectivity index (χ3v) is 6.45. The van der Waals surface area contributed by atoms with Crippen molar-refractivity contribution in [1.82, 2.24) is 4.98 Å². The van der Waals surface area contributed by atoms with Crippen molar-refractivity contribution in [2.45, 2.75) is 32.5 Å². The van der Waals surface area contributed by atoms with Gasteiger partial charge in [-0.3, -0.25) is 4.98 Å². The highest BCUT2D eigenvalue weighted by Crippen LogP contribution is 2.43. The van der Waals surface area contributed by atoms with Gasteiger partial charge >= 0.3 is 6.18 Å². The number of nitrogens with zero attached hydrogens (tertiary/aromatic N) is 1. The minimum Gasteiger partial charge on any atom is -0.489 e. The Kier molecular flexibility index (Phi) is 6.70. The maximum Gasteiger partial charge on any atom is 0.418 e. The van der Waals surface area contributed by atoms with Gasteiger partial charge in [0.2, 0.25) is 0 Å². The maximum atomic E-state index is 13.9. The Morgan fingerprint density at radius 3 is 2.27 bits per heavy atom. The number of hydrogen-bond donors (Lipinski definition) is 0. The summed E-state index contributed by atoms with van der Waals surface area (Å²) in [6.45, 7) is 4.60. The summed E-state index contributed by atoms with van der Waals surface area (Å²) in [5.41, 5.74) is 4.54. The molecule has 0 radical (unpaired) electrons. The lowest BCUT2D eigenvalue weighted by Gasteiger charge is -2.19. The summed E-state index contributed by atoms with van der Waals surface area (Å²) in [5.74, 6) is 0.864. The third kappa shape index (κ3) is 5.08. The van der Waals surface area contributed by atoms with E-state index in [-0.39, 0.29) is 11.4 Å². The first-order chi connectivity index (χ1) is 17.8. The predicted octanol–water partition coefficient (Wildman–Crippen LogP) is 9.29. The first kappa shape index (κ1) is 24.6. The number of hydrogen-bond acceptors (Lipinski definition) is 2. The lowest BCUT2D eigenvalue weighted by atomic mass is 9.87. The molecule has 1 aromatic heterocycles. The lowest BCUT2D eigenvalue weighted by Crippen LogP contribution is -2.07. The number of halogens is 3. The largest absolute Gasteiger partial charge is 0.489 e. The molecule has 5 aromatic rings. The van der Waals surface area contributed by atoms with Crippen molar-refractivity contribution < 1.29 is 17.9 Å². The molecule has 0 fully saturated rings. The molecule has 5 heteroatoms. The van der Waals surface area contributed by atoms with Crippen molar-refractivity contribution in [1.29, 1.82) is 0 Å². The van der Waals surface area contributed by atoms with E-state index in [2.05, 4.69) is 24.9 Å². The van der Waals surface area contributed by atoms with Crippen LogP contribution in [0.25, 0.3) is 33.2 Å². The molecule has 0 atom stereocenters. The van der Waals surface area contributed by atoms with Crippen molar-refractivity contribution in [2.24, 2.45) is 0 Å². The zero-order valence-corrected chi connectivity index (χ0v) is 20.6. The van der Waals surface area contributed by atoms with Crippen LogP contribution in [0.1, 0.15) is 36.5 Å². The highest BCUT2D eigenvalue weighted by molar-refractivity contribution is 6.03. The zero-order valence-electron chi connectivity index (χ0n) is 20.6. The van der Waals surface area contributed by atoms with Gasteiger partial charge in [0.1, 0.15) is 12.4 Å². The summed E-state index contributed by atoms with van der Waals surface area (Å²) in [6.07, 6.45) is -2.94. The van der Waals surface area contributed by atoms with E-state index in [9.17, 15) is 13.2 Å². The van der Waals surface area contributed by atoms with Crippen LogP contribution in [0, 0.1) is 0 Å². The highest BCUT2D eigenvalue weighted by Gasteiger charge is 2.34. The second kappa shape index (κ2) is 10.1. The standard InChI is InChI=1S/C32H26F3NO/c1-21(2)25-14-6-7-15-26(25)28-19-36-31-27(16-9-17-29(31)32(33,34)35)30(28)23-12-8-13-24(18-23)37-20-22-10-4-3-5-11-22/h3-19,21H,20H2,1-2H3. The van der Waals surface area contributed by atoms with Gasteiger partial charge in [0.15, 0.2) is 0 Å². The maximum absolute atomic E-state index is 13.9. The summed E-state index contributed by atoms with van der Waals surface area (Å²) < 4.78 is 47.8. The minimum atomic E-state index is -4.51. The van der Waals surface area contributed by atoms with Crippen molar-refractivity contribution in [3.05, 3.63) is 120 Å². The molecule has 0 spiro atoms. The van der Waals surface area contributed by atoms with Gasteiger partial charge in [-0.2, -0.15) is 13.2 Å². The summed E-state index contributed by atoms with van der Waals surface area (Å²) >= 11 is 0. The van der Waals surface area contributed by atoms with Gasteiger partial charge in [0.25, 0.3) is 0 Å². The quantitative estimate of drug-likeness (QED) is 0.233. The van der Waals surface area contributed by atoms with E-state index in [0.29, 0.717) is 23.3 Å². The van der Waals surface area contributed by atoms with Crippen LogP contribution in [0.4, 0.5) is 13.2 Å². The van der Waals surface area contributed by atoms with Crippen LogP contribution < -0.4 is 4.74 Å². The molecule has 2 nitrogen and oxygen atoms in total. The first-order valence-corrected chi connectivity index (χ1v) is 12.2. The predicted molar refractivity (Wildman–Crippen MR) is 142 cm³/mol. The van der Waals surface area contributed by atoms with E-state index in [4.69, 9.17) is 4.74 Å². The number of ether oxygens (including phenoxy) is 1. The molecule has 37 heavy (non-hydrogen) atoms. The molecule has 0 aliphatic carbocycles. The number of aromatic nitrogens is 1. The Morgan fingerprint density at radius 1 is 0.784 bits per heavy atom. The Bertz CT molecular complexity index is 1540. The van der Waals surface area contributed by atoms with Gasteiger partial charge < -0.3 is 4.74 Å². The number of pyridine rings is 1. The summed E-state index contributed by atoms with van der Waals surface area (Å²) in [7, 11) is 0. The fourth-order valence-corrected chi connectivity index (χ4v) is 4.70. The van der Waals surface area contributed by atoms with Crippen molar-refractivity contribution in [3.8, 4) is 28.0 Å². The van der Waals surface area contributed by atoms with E-state index in [1.165, 1.54) is 6.07 Å². The molecule has 0 aliphatic rings. The van der Waals surface area contributed by atoms with Crippen LogP contribution in [0.3, 0.4) is 0 Å². The van der Waals surface area contributed by atoms with Crippen LogP contribution in [0.5, 0.6) is 5.75 Å². The summed E-state index contributed by atoms with van der Waals surface area (Å²) in [5, 5.41) is 0.450. The number of para-hydroxylation sites is 1. The summed E-state index contributed by atoms with van der Waals surface area (Å²) in [6, 6.07) is 29.6. The number of benzene rings is 4. The molecule has 0 aliphatic heterocycles. The topological polar surface area (TPSA) is 22.1 Å². The molecule has 0 saturated carbocycles. The molecular formula is C32H26F3NO. The molecule has 5 rings (SSSR count). The molecule has 0 amide bonds. The van der Waals surface area contributed by atoms with Crippen LogP contribution >= 0.6 is 0 Å². The fourth-order valence-electron chi connectivity index (χ4n) is 4.70. The molecular weight excluding hydrogens is 471 g/mol. The smallest absolute Gasteiger partial charge is 0.418 e. The molecule has 0 N–H and O–H groups in total. The Labute approximate surface area is 214 Å². The van der Waals surface area contributed by atoms with Gasteiger partial charge in [0, 0.05) is 22.7 Å². The monoisotopic (exact) mass is 497 g/mol. The SMILES string of the molecule is CC(C)c1ccccc1-c1cnc2c(C(F)(F)F)cccc2c1-c1cccc(OCc2ccccc2)c1. The normalized spacial score (nSPS) is 11.7. The van der Waals surface area contributed by atoms with Gasteiger partial charge in [-0.1, -0.05) is 92.7 Å². The molecule has 186 valence electrons. The molecule has 1 heterocycles. The van der Waals surface area contributed by atoms with Crippen LogP contribution in [0.15, 0.2) is 103 Å². The van der Waals surface area contributed by atoms with E-state index in [1.807, 2.05) is 72.8 Å². The summed E-state index contributed by atoms with van der Waals surface area (Å²) in [4.78, 5) is 4.36. The van der Waals surface area contributed by atoms with Crippen LogP contribution in [0.2, 0.25) is 0 Å². The van der Waals surface area contributed by atoms with Gasteiger partial charge in [0.05, 0.1) is 11.1 Å². The number of alkyl halides is 3. The third-order valence-electron chi connectivity index (χ3n) is 6.45. The van der Waals surface area contributed by atoms with E-state index in [1.54, 1.807) is 12.3 Å². The minimum absolute atomic E-state index is 0.0635. The average Bonchev–Trinajstić information content (AvgIpc) is 2.91. The average molecular weight is 498 g/mol. The zero-order chi connectivity index (χ0) is 26.0. The van der Waals surface area contributed by atoms with Crippen LogP contribution in [-0.2, 0) is 12.8 Å². The van der Waals surface area contributed by atoms with E-state index in [0.717, 1.165) is 33.9 Å². The Hall–Kier alpha value is -4.12. The van der Waals surface area contributed by atoms with Crippen molar-refractivity contribution >= 4 is 10.9 Å². The van der Waals surface area contributed by atoms with E-state index >= 15 is 0 Å².